The third kappa shape index (κ3) is 2.58. The van der Waals surface area contributed by atoms with Gasteiger partial charge in [-0.05, 0) is 30.7 Å². The number of fused-ring (bicyclic) bond motifs is 1. The van der Waals surface area contributed by atoms with Gasteiger partial charge in [-0.25, -0.2) is 0 Å². The van der Waals surface area contributed by atoms with Gasteiger partial charge in [-0.2, -0.15) is 15.4 Å². The van der Waals surface area contributed by atoms with Crippen LogP contribution in [0, 0.1) is 0 Å². The molecule has 1 saturated heterocycles. The highest BCUT2D eigenvalue weighted by Gasteiger charge is 2.39. The average Bonchev–Trinajstić information content (AvgIpc) is 3.26. The van der Waals surface area contributed by atoms with Gasteiger partial charge in [-0.15, -0.1) is 0 Å². The van der Waals surface area contributed by atoms with E-state index >= 15 is 0 Å². The van der Waals surface area contributed by atoms with Crippen LogP contribution in [0.25, 0.3) is 11.0 Å². The van der Waals surface area contributed by atoms with Gasteiger partial charge >= 0.3 is 0 Å². The SMILES string of the molecule is COc1ccc2oc(CN3CCC(O)(c4cn[nH]n4)C3)cc2c1. The molecule has 7 nitrogen and oxygen atoms in total. The lowest BCUT2D eigenvalue weighted by Crippen LogP contribution is -2.30. The number of H-pyrrole nitrogens is 1. The number of rotatable bonds is 4. The molecule has 1 unspecified atom stereocenters. The molecule has 1 atom stereocenters. The van der Waals surface area contributed by atoms with Crippen LogP contribution in [0.2, 0.25) is 0 Å². The molecule has 3 aromatic rings. The number of β-amino-alcohol motifs (C(OH)–C–C–N with tert-alkyl or cyclic N) is 1. The van der Waals surface area contributed by atoms with Crippen LogP contribution in [-0.4, -0.2) is 45.6 Å². The Morgan fingerprint density at radius 1 is 1.43 bits per heavy atom. The van der Waals surface area contributed by atoms with Gasteiger partial charge in [0.1, 0.15) is 28.4 Å². The third-order valence-electron chi connectivity index (χ3n) is 4.37. The molecule has 1 fully saturated rings. The number of ether oxygens (including phenoxy) is 1. The second kappa shape index (κ2) is 5.36. The van der Waals surface area contributed by atoms with E-state index in [-0.39, 0.29) is 0 Å². The molecule has 3 heterocycles. The van der Waals surface area contributed by atoms with E-state index in [1.807, 2.05) is 24.3 Å². The minimum atomic E-state index is -0.942. The van der Waals surface area contributed by atoms with Gasteiger partial charge in [0.2, 0.25) is 0 Å². The highest BCUT2D eigenvalue weighted by molar-refractivity contribution is 5.79. The predicted octanol–water partition coefficient (Wildman–Crippen LogP) is 1.65. The number of benzene rings is 1. The summed E-state index contributed by atoms with van der Waals surface area (Å²) < 4.78 is 11.1. The van der Waals surface area contributed by atoms with Crippen molar-refractivity contribution in [3.63, 3.8) is 0 Å². The maximum atomic E-state index is 10.7. The summed E-state index contributed by atoms with van der Waals surface area (Å²) in [4.78, 5) is 2.16. The van der Waals surface area contributed by atoms with E-state index in [4.69, 9.17) is 9.15 Å². The Hall–Kier alpha value is -2.38. The largest absolute Gasteiger partial charge is 0.497 e. The molecule has 23 heavy (non-hydrogen) atoms. The fourth-order valence-electron chi connectivity index (χ4n) is 3.14. The van der Waals surface area contributed by atoms with Crippen LogP contribution in [0.5, 0.6) is 5.75 Å². The first-order chi connectivity index (χ1) is 11.2. The number of aliphatic hydroxyl groups is 1. The highest BCUT2D eigenvalue weighted by Crippen LogP contribution is 2.32. The van der Waals surface area contributed by atoms with Crippen molar-refractivity contribution >= 4 is 11.0 Å². The van der Waals surface area contributed by atoms with Crippen molar-refractivity contribution in [2.75, 3.05) is 20.2 Å². The maximum Gasteiger partial charge on any atom is 0.134 e. The summed E-state index contributed by atoms with van der Waals surface area (Å²) in [7, 11) is 1.65. The topological polar surface area (TPSA) is 87.4 Å². The summed E-state index contributed by atoms with van der Waals surface area (Å²) in [5.41, 5.74) is 0.489. The number of methoxy groups -OCH3 is 1. The summed E-state index contributed by atoms with van der Waals surface area (Å²) in [6.07, 6.45) is 2.21. The number of likely N-dealkylation sites (tertiary alicyclic amines) is 1. The van der Waals surface area contributed by atoms with Crippen molar-refractivity contribution in [1.82, 2.24) is 20.3 Å². The Morgan fingerprint density at radius 2 is 2.35 bits per heavy atom. The summed E-state index contributed by atoms with van der Waals surface area (Å²) in [6.45, 7) is 1.95. The molecule has 0 radical (unpaired) electrons. The van der Waals surface area contributed by atoms with Crippen molar-refractivity contribution in [3.05, 3.63) is 41.9 Å². The van der Waals surface area contributed by atoms with E-state index < -0.39 is 5.60 Å². The summed E-state index contributed by atoms with van der Waals surface area (Å²) in [5.74, 6) is 1.68. The first kappa shape index (κ1) is 14.2. The first-order valence-electron chi connectivity index (χ1n) is 7.54. The minimum Gasteiger partial charge on any atom is -0.497 e. The standard InChI is InChI=1S/C16H18N4O3/c1-22-12-2-3-14-11(6-12)7-13(23-14)9-20-5-4-16(21,10-20)15-8-17-19-18-15/h2-3,6-8,21H,4-5,9-10H2,1H3,(H,17,18,19). The second-order valence-electron chi connectivity index (χ2n) is 5.96. The molecule has 0 spiro atoms. The molecule has 0 amide bonds. The van der Waals surface area contributed by atoms with Crippen LogP contribution in [-0.2, 0) is 12.1 Å². The van der Waals surface area contributed by atoms with Crippen LogP contribution in [0.1, 0.15) is 17.9 Å². The molecule has 0 aliphatic carbocycles. The Kier molecular flexibility index (Phi) is 3.32. The zero-order valence-electron chi connectivity index (χ0n) is 12.8. The van der Waals surface area contributed by atoms with Crippen LogP contribution >= 0.6 is 0 Å². The quantitative estimate of drug-likeness (QED) is 0.761. The lowest BCUT2D eigenvalue weighted by Gasteiger charge is -2.20. The van der Waals surface area contributed by atoms with E-state index in [9.17, 15) is 5.11 Å². The molecule has 1 aliphatic heterocycles. The summed E-state index contributed by atoms with van der Waals surface area (Å²) in [6, 6.07) is 7.77. The fourth-order valence-corrected chi connectivity index (χ4v) is 3.14. The Balaban J connectivity index is 1.51. The third-order valence-corrected chi connectivity index (χ3v) is 4.37. The van der Waals surface area contributed by atoms with E-state index in [0.717, 1.165) is 29.0 Å². The molecule has 4 rings (SSSR count). The van der Waals surface area contributed by atoms with Gasteiger partial charge in [0, 0.05) is 18.5 Å². The molecular formula is C16H18N4O3. The molecule has 0 saturated carbocycles. The lowest BCUT2D eigenvalue weighted by atomic mass is 10.0. The van der Waals surface area contributed by atoms with Crippen LogP contribution in [0.4, 0.5) is 0 Å². The van der Waals surface area contributed by atoms with Crippen molar-refractivity contribution in [1.29, 1.82) is 0 Å². The Labute approximate surface area is 132 Å². The Morgan fingerprint density at radius 3 is 3.13 bits per heavy atom. The number of aromatic nitrogens is 3. The average molecular weight is 314 g/mol. The van der Waals surface area contributed by atoms with Crippen molar-refractivity contribution in [3.8, 4) is 5.75 Å². The number of nitrogens with one attached hydrogen (secondary N) is 1. The monoisotopic (exact) mass is 314 g/mol. The first-order valence-corrected chi connectivity index (χ1v) is 7.54. The molecule has 120 valence electrons. The number of hydrogen-bond donors (Lipinski definition) is 2. The van der Waals surface area contributed by atoms with Gasteiger partial charge in [-0.3, -0.25) is 4.90 Å². The number of furan rings is 1. The normalized spacial score (nSPS) is 22.0. The summed E-state index contributed by atoms with van der Waals surface area (Å²) >= 11 is 0. The molecule has 2 aromatic heterocycles. The fraction of sp³-hybridized carbons (Fsp3) is 0.375. The maximum absolute atomic E-state index is 10.7. The number of aromatic amines is 1. The van der Waals surface area contributed by atoms with E-state index in [1.54, 1.807) is 13.3 Å². The van der Waals surface area contributed by atoms with Gasteiger partial charge in [0.15, 0.2) is 0 Å². The molecule has 1 aliphatic rings. The zero-order valence-corrected chi connectivity index (χ0v) is 12.8. The van der Waals surface area contributed by atoms with Crippen molar-refractivity contribution in [2.45, 2.75) is 18.6 Å². The van der Waals surface area contributed by atoms with Crippen LogP contribution < -0.4 is 4.74 Å². The van der Waals surface area contributed by atoms with Crippen LogP contribution in [0.3, 0.4) is 0 Å². The van der Waals surface area contributed by atoms with Gasteiger partial charge in [0.05, 0.1) is 19.9 Å². The van der Waals surface area contributed by atoms with Gasteiger partial charge in [0.25, 0.3) is 0 Å². The van der Waals surface area contributed by atoms with Crippen molar-refractivity contribution in [2.24, 2.45) is 0 Å². The minimum absolute atomic E-state index is 0.514. The second-order valence-corrected chi connectivity index (χ2v) is 5.96. The van der Waals surface area contributed by atoms with Gasteiger partial charge in [-0.1, -0.05) is 0 Å². The lowest BCUT2D eigenvalue weighted by molar-refractivity contribution is 0.0402. The molecule has 7 heteroatoms. The Bertz CT molecular complexity index is 814. The van der Waals surface area contributed by atoms with Crippen LogP contribution in [0.15, 0.2) is 34.9 Å². The zero-order chi connectivity index (χ0) is 15.9. The van der Waals surface area contributed by atoms with Crippen molar-refractivity contribution < 1.29 is 14.3 Å². The smallest absolute Gasteiger partial charge is 0.134 e. The number of hydrogen-bond acceptors (Lipinski definition) is 6. The van der Waals surface area contributed by atoms with Gasteiger partial charge < -0.3 is 14.3 Å². The molecular weight excluding hydrogens is 296 g/mol. The molecule has 0 bridgehead atoms. The number of nitrogens with zero attached hydrogens (tertiary/aromatic N) is 3. The molecule has 1 aromatic carbocycles. The molecule has 2 N–H and O–H groups in total. The highest BCUT2D eigenvalue weighted by atomic mass is 16.5. The van der Waals surface area contributed by atoms with E-state index in [2.05, 4.69) is 20.3 Å². The van der Waals surface area contributed by atoms with E-state index in [1.165, 1.54) is 0 Å². The predicted molar refractivity (Wildman–Crippen MR) is 82.9 cm³/mol. The summed E-state index contributed by atoms with van der Waals surface area (Å²) in [5, 5.41) is 22.1. The van der Waals surface area contributed by atoms with E-state index in [0.29, 0.717) is 25.2 Å².